The van der Waals surface area contributed by atoms with Gasteiger partial charge in [-0.15, -0.1) is 5.10 Å². The Morgan fingerprint density at radius 3 is 2.91 bits per heavy atom. The van der Waals surface area contributed by atoms with Crippen molar-refractivity contribution in [2.45, 2.75) is 38.5 Å². The van der Waals surface area contributed by atoms with E-state index in [-0.39, 0.29) is 17.7 Å². The quantitative estimate of drug-likeness (QED) is 0.831. The molecule has 1 unspecified atom stereocenters. The Morgan fingerprint density at radius 2 is 2.09 bits per heavy atom. The van der Waals surface area contributed by atoms with Gasteiger partial charge >= 0.3 is 0 Å². The molecule has 3 aliphatic rings. The molecule has 1 aromatic carbocycles. The van der Waals surface area contributed by atoms with Crippen LogP contribution in [0.3, 0.4) is 0 Å². The van der Waals surface area contributed by atoms with E-state index in [9.17, 15) is 9.59 Å². The van der Waals surface area contributed by atoms with Crippen molar-refractivity contribution in [1.29, 1.82) is 0 Å². The Kier molecular flexibility index (Phi) is 2.57. The number of hydrogen-bond donors (Lipinski definition) is 0. The van der Waals surface area contributed by atoms with E-state index >= 15 is 0 Å². The van der Waals surface area contributed by atoms with Crippen molar-refractivity contribution in [3.63, 3.8) is 0 Å². The lowest BCUT2D eigenvalue weighted by Gasteiger charge is -2.31. The van der Waals surface area contributed by atoms with Crippen LogP contribution in [0, 0.1) is 5.92 Å². The molecule has 2 aliphatic heterocycles. The largest absolute Gasteiger partial charge is 0.470 e. The number of ether oxygens (including phenoxy) is 1. The number of rotatable bonds is 2. The second-order valence-corrected chi connectivity index (χ2v) is 6.60. The Balaban J connectivity index is 1.65. The van der Waals surface area contributed by atoms with Gasteiger partial charge in [-0.2, -0.15) is 0 Å². The lowest BCUT2D eigenvalue weighted by atomic mass is 10.1. The number of amides is 1. The van der Waals surface area contributed by atoms with Crippen molar-refractivity contribution in [3.05, 3.63) is 28.0 Å². The third-order valence-electron chi connectivity index (χ3n) is 4.90. The zero-order valence-electron chi connectivity index (χ0n) is 12.6. The molecule has 118 valence electrons. The molecule has 7 heteroatoms. The molecule has 1 saturated heterocycles. The second-order valence-electron chi connectivity index (χ2n) is 6.60. The van der Waals surface area contributed by atoms with Crippen LogP contribution in [0.15, 0.2) is 16.9 Å². The number of hydrogen-bond acceptors (Lipinski definition) is 5. The summed E-state index contributed by atoms with van der Waals surface area (Å²) >= 11 is 0. The first kappa shape index (κ1) is 13.0. The predicted molar refractivity (Wildman–Crippen MR) is 81.2 cm³/mol. The van der Waals surface area contributed by atoms with Crippen LogP contribution in [-0.2, 0) is 6.54 Å². The van der Waals surface area contributed by atoms with E-state index in [0.29, 0.717) is 34.7 Å². The Hall–Kier alpha value is -2.44. The van der Waals surface area contributed by atoms with E-state index in [4.69, 9.17) is 4.74 Å². The summed E-state index contributed by atoms with van der Waals surface area (Å²) < 4.78 is 7.36. The van der Waals surface area contributed by atoms with Gasteiger partial charge in [0.25, 0.3) is 11.5 Å². The minimum Gasteiger partial charge on any atom is -0.470 e. The molecule has 1 aliphatic carbocycles. The van der Waals surface area contributed by atoms with Crippen molar-refractivity contribution >= 4 is 16.8 Å². The van der Waals surface area contributed by atoms with Gasteiger partial charge in [0, 0.05) is 19.5 Å². The van der Waals surface area contributed by atoms with Gasteiger partial charge in [-0.1, -0.05) is 5.21 Å². The number of aromatic nitrogens is 3. The van der Waals surface area contributed by atoms with Crippen molar-refractivity contribution in [2.75, 3.05) is 6.54 Å². The number of nitrogens with zero attached hydrogens (tertiary/aromatic N) is 4. The summed E-state index contributed by atoms with van der Waals surface area (Å²) in [5.74, 6) is 0.996. The standard InChI is InChI=1S/C16H16N4O3/c21-15-11-6-12-10(7-13(11)23-14-2-1-5-19(14)15)16(22)20(18-17-12)8-9-3-4-9/h6-7,9,14H,1-5,8H2. The van der Waals surface area contributed by atoms with Gasteiger partial charge in [0.15, 0.2) is 6.23 Å². The molecular formula is C16H16N4O3. The third kappa shape index (κ3) is 1.95. The van der Waals surface area contributed by atoms with E-state index in [1.165, 1.54) is 4.68 Å². The zero-order chi connectivity index (χ0) is 15.6. The average Bonchev–Trinajstić information content (AvgIpc) is 3.24. The lowest BCUT2D eigenvalue weighted by Crippen LogP contribution is -2.43. The van der Waals surface area contributed by atoms with Crippen LogP contribution < -0.4 is 10.3 Å². The molecule has 0 N–H and O–H groups in total. The van der Waals surface area contributed by atoms with Gasteiger partial charge in [-0.05, 0) is 37.3 Å². The first-order valence-corrected chi connectivity index (χ1v) is 8.10. The number of carbonyl (C=O) groups is 1. The van der Waals surface area contributed by atoms with Crippen molar-refractivity contribution in [1.82, 2.24) is 19.9 Å². The van der Waals surface area contributed by atoms with Crippen LogP contribution in [0.1, 0.15) is 36.0 Å². The van der Waals surface area contributed by atoms with Crippen LogP contribution >= 0.6 is 0 Å². The van der Waals surface area contributed by atoms with E-state index in [2.05, 4.69) is 10.3 Å². The average molecular weight is 312 g/mol. The Bertz CT molecular complexity index is 887. The molecule has 1 aromatic heterocycles. The molecule has 0 radical (unpaired) electrons. The summed E-state index contributed by atoms with van der Waals surface area (Å²) in [6, 6.07) is 3.30. The molecule has 1 saturated carbocycles. The van der Waals surface area contributed by atoms with Gasteiger partial charge in [0.2, 0.25) is 0 Å². The molecule has 23 heavy (non-hydrogen) atoms. The summed E-state index contributed by atoms with van der Waals surface area (Å²) in [5.41, 5.74) is 0.772. The molecule has 2 fully saturated rings. The van der Waals surface area contributed by atoms with Crippen LogP contribution in [0.4, 0.5) is 0 Å². The van der Waals surface area contributed by atoms with Gasteiger partial charge in [0.05, 0.1) is 10.9 Å². The minimum absolute atomic E-state index is 0.0420. The molecule has 7 nitrogen and oxygen atoms in total. The maximum Gasteiger partial charge on any atom is 0.277 e. The van der Waals surface area contributed by atoms with Crippen LogP contribution in [0.2, 0.25) is 0 Å². The molecule has 2 aromatic rings. The highest BCUT2D eigenvalue weighted by Gasteiger charge is 2.37. The fourth-order valence-corrected chi connectivity index (χ4v) is 3.43. The number of carbonyl (C=O) groups excluding carboxylic acids is 1. The normalized spacial score (nSPS) is 22.9. The molecule has 5 rings (SSSR count). The maximum atomic E-state index is 12.6. The molecule has 0 bridgehead atoms. The molecule has 1 atom stereocenters. The summed E-state index contributed by atoms with van der Waals surface area (Å²) in [4.78, 5) is 26.9. The number of benzene rings is 1. The summed E-state index contributed by atoms with van der Waals surface area (Å²) in [6.07, 6.45) is 3.87. The van der Waals surface area contributed by atoms with Gasteiger partial charge in [0.1, 0.15) is 11.3 Å². The van der Waals surface area contributed by atoms with Crippen LogP contribution in [-0.4, -0.2) is 38.6 Å². The SMILES string of the molecule is O=C1c2cc3nnn(CC4CC4)c(=O)c3cc2OC2CCCN12. The second kappa shape index (κ2) is 4.53. The first-order chi connectivity index (χ1) is 11.2. The van der Waals surface area contributed by atoms with Crippen molar-refractivity contribution in [3.8, 4) is 5.75 Å². The smallest absolute Gasteiger partial charge is 0.277 e. The molecule has 0 spiro atoms. The van der Waals surface area contributed by atoms with E-state index in [1.54, 1.807) is 17.0 Å². The minimum atomic E-state index is -0.198. The highest BCUT2D eigenvalue weighted by Crippen LogP contribution is 2.34. The van der Waals surface area contributed by atoms with Crippen molar-refractivity contribution < 1.29 is 9.53 Å². The highest BCUT2D eigenvalue weighted by atomic mass is 16.5. The summed E-state index contributed by atoms with van der Waals surface area (Å²) in [6.45, 7) is 1.34. The summed E-state index contributed by atoms with van der Waals surface area (Å²) in [7, 11) is 0. The summed E-state index contributed by atoms with van der Waals surface area (Å²) in [5, 5.41) is 8.62. The van der Waals surface area contributed by atoms with Gasteiger partial charge in [-0.25, -0.2) is 4.68 Å². The predicted octanol–water partition coefficient (Wildman–Crippen LogP) is 1.16. The molecule has 3 heterocycles. The Labute approximate surface area is 131 Å². The lowest BCUT2D eigenvalue weighted by molar-refractivity contribution is 0.0295. The molecular weight excluding hydrogens is 296 g/mol. The van der Waals surface area contributed by atoms with E-state index in [0.717, 1.165) is 32.2 Å². The fraction of sp³-hybridized carbons (Fsp3) is 0.500. The first-order valence-electron chi connectivity index (χ1n) is 8.10. The van der Waals surface area contributed by atoms with Crippen LogP contribution in [0.25, 0.3) is 10.9 Å². The maximum absolute atomic E-state index is 12.6. The number of fused-ring (bicyclic) bond motifs is 3. The van der Waals surface area contributed by atoms with Gasteiger partial charge in [-0.3, -0.25) is 9.59 Å². The third-order valence-corrected chi connectivity index (χ3v) is 4.90. The van der Waals surface area contributed by atoms with Crippen molar-refractivity contribution in [2.24, 2.45) is 5.92 Å². The molecule has 1 amide bonds. The van der Waals surface area contributed by atoms with Crippen LogP contribution in [0.5, 0.6) is 5.75 Å². The monoisotopic (exact) mass is 312 g/mol. The van der Waals surface area contributed by atoms with Gasteiger partial charge < -0.3 is 9.64 Å². The van der Waals surface area contributed by atoms with E-state index < -0.39 is 0 Å². The Morgan fingerprint density at radius 1 is 1.22 bits per heavy atom. The fourth-order valence-electron chi connectivity index (χ4n) is 3.43. The van der Waals surface area contributed by atoms with E-state index in [1.807, 2.05) is 0 Å². The zero-order valence-corrected chi connectivity index (χ0v) is 12.6. The highest BCUT2D eigenvalue weighted by molar-refractivity contribution is 6.01. The topological polar surface area (TPSA) is 77.3 Å².